The average molecular weight is 381 g/mol. The van der Waals surface area contributed by atoms with Gasteiger partial charge in [0.25, 0.3) is 5.91 Å². The van der Waals surface area contributed by atoms with Crippen molar-refractivity contribution in [1.82, 2.24) is 4.98 Å². The fraction of sp³-hybridized carbons (Fsp3) is 0.125. The Morgan fingerprint density at radius 1 is 1.21 bits per heavy atom. The molecule has 24 heavy (non-hydrogen) atoms. The van der Waals surface area contributed by atoms with E-state index < -0.39 is 0 Å². The smallest absolute Gasteiger partial charge is 0.264 e. The lowest BCUT2D eigenvalue weighted by Crippen LogP contribution is -2.20. The molecule has 5 nitrogen and oxygen atoms in total. The molecule has 0 unspecified atom stereocenters. The number of thiazole rings is 1. The molecule has 0 spiro atoms. The van der Waals surface area contributed by atoms with Gasteiger partial charge in [-0.3, -0.25) is 10.1 Å². The zero-order valence-corrected chi connectivity index (χ0v) is 15.0. The van der Waals surface area contributed by atoms with Crippen LogP contribution < -0.4 is 14.8 Å². The van der Waals surface area contributed by atoms with E-state index in [-0.39, 0.29) is 12.5 Å². The maximum Gasteiger partial charge on any atom is 0.264 e. The van der Waals surface area contributed by atoms with E-state index in [1.165, 1.54) is 22.7 Å². The number of aromatic nitrogens is 1. The predicted molar refractivity (Wildman–Crippen MR) is 97.6 cm³/mol. The molecule has 8 heteroatoms. The third-order valence-electron chi connectivity index (χ3n) is 3.01. The number of carbonyl (C=O) groups excluding carboxylic acids is 1. The predicted octanol–water partition coefficient (Wildman–Crippen LogP) is 4.55. The minimum atomic E-state index is -0.268. The van der Waals surface area contributed by atoms with Crippen LogP contribution in [0, 0.1) is 0 Å². The Kier molecular flexibility index (Phi) is 5.34. The highest BCUT2D eigenvalue weighted by molar-refractivity contribution is 7.20. The van der Waals surface area contributed by atoms with Gasteiger partial charge in [-0.15, -0.1) is 22.7 Å². The van der Waals surface area contributed by atoms with E-state index in [1.54, 1.807) is 31.4 Å². The van der Waals surface area contributed by atoms with Gasteiger partial charge < -0.3 is 9.47 Å². The molecule has 2 aromatic heterocycles. The van der Waals surface area contributed by atoms with Gasteiger partial charge in [-0.05, 0) is 36.4 Å². The minimum Gasteiger partial charge on any atom is -0.497 e. The summed E-state index contributed by atoms with van der Waals surface area (Å²) < 4.78 is 11.2. The Bertz CT molecular complexity index is 830. The molecule has 1 aromatic carbocycles. The lowest BCUT2D eigenvalue weighted by atomic mass is 10.3. The van der Waals surface area contributed by atoms with Crippen molar-refractivity contribution < 1.29 is 14.3 Å². The van der Waals surface area contributed by atoms with Crippen molar-refractivity contribution in [2.45, 2.75) is 0 Å². The molecule has 0 saturated heterocycles. The molecule has 124 valence electrons. The summed E-state index contributed by atoms with van der Waals surface area (Å²) in [6.07, 6.45) is 0. The summed E-state index contributed by atoms with van der Waals surface area (Å²) in [4.78, 5) is 17.3. The maximum absolute atomic E-state index is 11.9. The summed E-state index contributed by atoms with van der Waals surface area (Å²) in [5.41, 5.74) is 0.795. The monoisotopic (exact) mass is 380 g/mol. The number of carbonyl (C=O) groups is 1. The molecule has 3 aromatic rings. The number of anilines is 1. The number of nitrogens with zero attached hydrogens (tertiary/aromatic N) is 1. The Balaban J connectivity index is 1.54. The lowest BCUT2D eigenvalue weighted by molar-refractivity contribution is -0.118. The number of nitrogens with one attached hydrogen (secondary N) is 1. The molecule has 0 aliphatic heterocycles. The number of halogens is 1. The van der Waals surface area contributed by atoms with Gasteiger partial charge >= 0.3 is 0 Å². The molecule has 0 atom stereocenters. The highest BCUT2D eigenvalue weighted by Gasteiger charge is 2.10. The van der Waals surface area contributed by atoms with Gasteiger partial charge in [-0.25, -0.2) is 4.98 Å². The Morgan fingerprint density at radius 2 is 1.96 bits per heavy atom. The van der Waals surface area contributed by atoms with Crippen LogP contribution in [0.1, 0.15) is 0 Å². The third-order valence-corrected chi connectivity index (χ3v) is 5.02. The zero-order chi connectivity index (χ0) is 16.9. The van der Waals surface area contributed by atoms with Crippen molar-refractivity contribution in [2.24, 2.45) is 0 Å². The minimum absolute atomic E-state index is 0.0912. The van der Waals surface area contributed by atoms with Gasteiger partial charge in [0.1, 0.15) is 11.5 Å². The molecule has 0 fully saturated rings. The number of hydrogen-bond donors (Lipinski definition) is 1. The third kappa shape index (κ3) is 4.25. The molecule has 0 aliphatic carbocycles. The van der Waals surface area contributed by atoms with Gasteiger partial charge in [0.15, 0.2) is 11.7 Å². The van der Waals surface area contributed by atoms with E-state index in [0.29, 0.717) is 15.2 Å². The molecule has 0 radical (unpaired) electrons. The zero-order valence-electron chi connectivity index (χ0n) is 12.6. The van der Waals surface area contributed by atoms with Crippen LogP contribution in [0.3, 0.4) is 0 Å². The number of hydrogen-bond acceptors (Lipinski definition) is 6. The highest BCUT2D eigenvalue weighted by atomic mass is 35.5. The van der Waals surface area contributed by atoms with Crippen molar-refractivity contribution in [3.05, 3.63) is 46.1 Å². The van der Waals surface area contributed by atoms with E-state index in [0.717, 1.165) is 16.3 Å². The summed E-state index contributed by atoms with van der Waals surface area (Å²) >= 11 is 8.72. The first kappa shape index (κ1) is 16.8. The van der Waals surface area contributed by atoms with Crippen LogP contribution in [0.2, 0.25) is 4.34 Å². The largest absolute Gasteiger partial charge is 0.497 e. The van der Waals surface area contributed by atoms with Gasteiger partial charge in [0.2, 0.25) is 0 Å². The molecule has 2 heterocycles. The Labute approximate surface area is 151 Å². The van der Waals surface area contributed by atoms with Crippen molar-refractivity contribution in [2.75, 3.05) is 19.0 Å². The molecule has 3 rings (SSSR count). The number of ether oxygens (including phenoxy) is 2. The fourth-order valence-corrected chi connectivity index (χ4v) is 3.68. The van der Waals surface area contributed by atoms with Crippen molar-refractivity contribution >= 4 is 45.3 Å². The average Bonchev–Trinajstić information content (AvgIpc) is 3.22. The summed E-state index contributed by atoms with van der Waals surface area (Å²) in [6, 6.07) is 10.8. The second-order valence-corrected chi connectivity index (χ2v) is 7.23. The van der Waals surface area contributed by atoms with Crippen LogP contribution in [0.4, 0.5) is 5.13 Å². The lowest BCUT2D eigenvalue weighted by Gasteiger charge is -2.06. The number of thiophene rings is 1. The molecular weight excluding hydrogens is 368 g/mol. The molecule has 1 amide bonds. The highest BCUT2D eigenvalue weighted by Crippen LogP contribution is 2.32. The van der Waals surface area contributed by atoms with E-state index in [4.69, 9.17) is 21.1 Å². The number of rotatable bonds is 6. The quantitative estimate of drug-likeness (QED) is 0.681. The summed E-state index contributed by atoms with van der Waals surface area (Å²) in [6.45, 7) is -0.0912. The molecule has 0 saturated carbocycles. The summed E-state index contributed by atoms with van der Waals surface area (Å²) in [7, 11) is 1.59. The van der Waals surface area contributed by atoms with Gasteiger partial charge in [-0.1, -0.05) is 11.6 Å². The van der Waals surface area contributed by atoms with Crippen LogP contribution in [0.25, 0.3) is 10.6 Å². The van der Waals surface area contributed by atoms with Crippen LogP contribution in [0.15, 0.2) is 41.8 Å². The van der Waals surface area contributed by atoms with Crippen LogP contribution in [-0.4, -0.2) is 24.6 Å². The Morgan fingerprint density at radius 3 is 2.62 bits per heavy atom. The number of benzene rings is 1. The maximum atomic E-state index is 11.9. The Hall–Kier alpha value is -2.09. The topological polar surface area (TPSA) is 60.5 Å². The van der Waals surface area contributed by atoms with Crippen LogP contribution in [0.5, 0.6) is 11.5 Å². The van der Waals surface area contributed by atoms with Crippen LogP contribution in [-0.2, 0) is 4.79 Å². The second-order valence-electron chi connectivity index (χ2n) is 4.65. The second kappa shape index (κ2) is 7.65. The number of amides is 1. The van der Waals surface area contributed by atoms with E-state index in [9.17, 15) is 4.79 Å². The van der Waals surface area contributed by atoms with E-state index in [1.807, 2.05) is 17.5 Å². The van der Waals surface area contributed by atoms with Gasteiger partial charge in [0.05, 0.1) is 22.0 Å². The first-order chi connectivity index (χ1) is 11.6. The summed E-state index contributed by atoms with van der Waals surface area (Å²) in [5, 5.41) is 5.12. The van der Waals surface area contributed by atoms with Crippen molar-refractivity contribution in [3.63, 3.8) is 0 Å². The summed E-state index contributed by atoms with van der Waals surface area (Å²) in [5.74, 6) is 1.06. The molecule has 0 bridgehead atoms. The van der Waals surface area contributed by atoms with Crippen molar-refractivity contribution in [1.29, 1.82) is 0 Å². The molecule has 1 N–H and O–H groups in total. The van der Waals surface area contributed by atoms with Gasteiger partial charge in [-0.2, -0.15) is 0 Å². The van der Waals surface area contributed by atoms with Gasteiger partial charge in [0, 0.05) is 5.38 Å². The molecule has 0 aliphatic rings. The fourth-order valence-electron chi connectivity index (χ4n) is 1.87. The van der Waals surface area contributed by atoms with E-state index >= 15 is 0 Å². The van der Waals surface area contributed by atoms with Crippen molar-refractivity contribution in [3.8, 4) is 22.1 Å². The first-order valence-electron chi connectivity index (χ1n) is 6.92. The first-order valence-corrected chi connectivity index (χ1v) is 8.99. The van der Waals surface area contributed by atoms with Crippen LogP contribution >= 0.6 is 34.3 Å². The SMILES string of the molecule is COc1ccc(OCC(=O)Nc2nc(-c3ccc(Cl)s3)cs2)cc1. The van der Waals surface area contributed by atoms with E-state index in [2.05, 4.69) is 10.3 Å². The standard InChI is InChI=1S/C16H13ClN2O3S2/c1-21-10-2-4-11(5-3-10)22-8-15(20)19-16-18-12(9-23-16)13-6-7-14(17)24-13/h2-7,9H,8H2,1H3,(H,18,19,20). The number of methoxy groups -OCH3 is 1. The normalized spacial score (nSPS) is 10.4. The molecular formula is C16H13ClN2O3S2.